The van der Waals surface area contributed by atoms with Crippen LogP contribution in [0.1, 0.15) is 12.8 Å². The maximum absolute atomic E-state index is 8.46. The van der Waals surface area contributed by atoms with Gasteiger partial charge in [-0.2, -0.15) is 10.5 Å². The lowest BCUT2D eigenvalue weighted by Crippen LogP contribution is -3.28. The highest BCUT2D eigenvalue weighted by Gasteiger charge is 2.21. The molecule has 1 fully saturated rings. The van der Waals surface area contributed by atoms with Crippen LogP contribution in [-0.4, -0.2) is 39.3 Å². The second kappa shape index (κ2) is 6.37. The lowest BCUT2D eigenvalue weighted by molar-refractivity contribution is -1.01. The fourth-order valence-electron chi connectivity index (χ4n) is 1.92. The highest BCUT2D eigenvalue weighted by molar-refractivity contribution is 4.67. The van der Waals surface area contributed by atoms with Crippen molar-refractivity contribution < 1.29 is 9.80 Å². The maximum Gasteiger partial charge on any atom is 0.127 e. The van der Waals surface area contributed by atoms with Gasteiger partial charge in [0.15, 0.2) is 0 Å². The molecule has 0 aromatic rings. The maximum atomic E-state index is 8.46. The largest absolute Gasteiger partial charge is 0.325 e. The van der Waals surface area contributed by atoms with E-state index in [1.165, 1.54) is 0 Å². The Balaban J connectivity index is 2.12. The van der Waals surface area contributed by atoms with E-state index >= 15 is 0 Å². The normalized spacial score (nSPS) is 26.4. The van der Waals surface area contributed by atoms with E-state index in [2.05, 4.69) is 12.1 Å². The second-order valence-electron chi connectivity index (χ2n) is 3.82. The summed E-state index contributed by atoms with van der Waals surface area (Å²) in [5.74, 6) is 0. The van der Waals surface area contributed by atoms with E-state index in [9.17, 15) is 0 Å². The third kappa shape index (κ3) is 3.74. The SMILES string of the molecule is N#CCC[NH+]1CC[NH+](CCC#N)CC1. The molecule has 0 aromatic carbocycles. The Morgan fingerprint density at radius 3 is 1.43 bits per heavy atom. The minimum Gasteiger partial charge on any atom is -0.325 e. The summed E-state index contributed by atoms with van der Waals surface area (Å²) in [4.78, 5) is 3.10. The minimum atomic E-state index is 0.670. The van der Waals surface area contributed by atoms with Crippen molar-refractivity contribution in [1.82, 2.24) is 0 Å². The molecule has 1 rings (SSSR count). The van der Waals surface area contributed by atoms with Gasteiger partial charge < -0.3 is 9.80 Å². The van der Waals surface area contributed by atoms with Gasteiger partial charge >= 0.3 is 0 Å². The Morgan fingerprint density at radius 1 is 0.786 bits per heavy atom. The highest BCUT2D eigenvalue weighted by Crippen LogP contribution is 1.69. The van der Waals surface area contributed by atoms with Crippen LogP contribution in [0.25, 0.3) is 0 Å². The third-order valence-electron chi connectivity index (χ3n) is 2.84. The minimum absolute atomic E-state index is 0.670. The van der Waals surface area contributed by atoms with Crippen LogP contribution in [0, 0.1) is 22.7 Å². The van der Waals surface area contributed by atoms with Gasteiger partial charge in [0.05, 0.1) is 38.1 Å². The summed E-state index contributed by atoms with van der Waals surface area (Å²) in [5, 5.41) is 16.9. The number of rotatable bonds is 4. The zero-order valence-corrected chi connectivity index (χ0v) is 8.55. The van der Waals surface area contributed by atoms with Crippen molar-refractivity contribution in [2.24, 2.45) is 0 Å². The highest BCUT2D eigenvalue weighted by atomic mass is 15.3. The predicted octanol–water partition coefficient (Wildman–Crippen LogP) is -2.40. The molecule has 1 aliphatic heterocycles. The standard InChI is InChI=1S/C10H16N4/c11-3-1-5-13-7-9-14(10-8-13)6-2-4-12/h1-2,5-10H2/p+2. The van der Waals surface area contributed by atoms with E-state index in [1.807, 2.05) is 0 Å². The Hall–Kier alpha value is -1.10. The number of nitrogens with zero attached hydrogens (tertiary/aromatic N) is 2. The number of quaternary nitrogens is 2. The van der Waals surface area contributed by atoms with Crippen molar-refractivity contribution in [2.75, 3.05) is 39.3 Å². The first-order chi connectivity index (χ1) is 6.86. The van der Waals surface area contributed by atoms with Gasteiger partial charge in [-0.3, -0.25) is 0 Å². The summed E-state index contributed by atoms with van der Waals surface area (Å²) in [6.45, 7) is 6.60. The molecule has 0 amide bonds. The number of hydrogen-bond donors (Lipinski definition) is 2. The molecule has 0 spiro atoms. The number of nitriles is 2. The van der Waals surface area contributed by atoms with Crippen LogP contribution in [0.5, 0.6) is 0 Å². The van der Waals surface area contributed by atoms with E-state index in [1.54, 1.807) is 9.80 Å². The van der Waals surface area contributed by atoms with Crippen molar-refractivity contribution in [1.29, 1.82) is 10.5 Å². The third-order valence-corrected chi connectivity index (χ3v) is 2.84. The van der Waals surface area contributed by atoms with Crippen molar-refractivity contribution in [3.05, 3.63) is 0 Å². The summed E-state index contributed by atoms with van der Waals surface area (Å²) in [6.07, 6.45) is 1.34. The quantitative estimate of drug-likeness (QED) is 0.524. The Morgan fingerprint density at radius 2 is 1.14 bits per heavy atom. The molecule has 4 nitrogen and oxygen atoms in total. The van der Waals surface area contributed by atoms with E-state index in [-0.39, 0.29) is 0 Å². The molecule has 1 saturated heterocycles. The van der Waals surface area contributed by atoms with Crippen molar-refractivity contribution in [3.63, 3.8) is 0 Å². The molecule has 0 atom stereocenters. The van der Waals surface area contributed by atoms with Crippen LogP contribution in [0.3, 0.4) is 0 Å². The molecule has 76 valence electrons. The average Bonchev–Trinajstić information content (AvgIpc) is 2.25. The zero-order valence-electron chi connectivity index (χ0n) is 8.55. The van der Waals surface area contributed by atoms with Gasteiger partial charge in [-0.25, -0.2) is 0 Å². The molecule has 0 aromatic heterocycles. The smallest absolute Gasteiger partial charge is 0.127 e. The first-order valence-electron chi connectivity index (χ1n) is 5.28. The summed E-state index contributed by atoms with van der Waals surface area (Å²) in [7, 11) is 0. The van der Waals surface area contributed by atoms with E-state index in [0.29, 0.717) is 12.8 Å². The topological polar surface area (TPSA) is 56.5 Å². The van der Waals surface area contributed by atoms with Crippen LogP contribution in [0.15, 0.2) is 0 Å². The number of piperazine rings is 1. The van der Waals surface area contributed by atoms with Gasteiger partial charge in [0.2, 0.25) is 0 Å². The first-order valence-corrected chi connectivity index (χ1v) is 5.28. The molecule has 1 aliphatic rings. The second-order valence-corrected chi connectivity index (χ2v) is 3.82. The summed E-state index contributed by atoms with van der Waals surface area (Å²) in [5.41, 5.74) is 0. The van der Waals surface area contributed by atoms with Gasteiger partial charge in [0.25, 0.3) is 0 Å². The molecule has 4 heteroatoms. The van der Waals surface area contributed by atoms with E-state index in [0.717, 1.165) is 39.3 Å². The van der Waals surface area contributed by atoms with Gasteiger partial charge in [-0.1, -0.05) is 0 Å². The average molecular weight is 194 g/mol. The van der Waals surface area contributed by atoms with Crippen molar-refractivity contribution in [2.45, 2.75) is 12.8 Å². The van der Waals surface area contributed by atoms with Crippen molar-refractivity contribution >= 4 is 0 Å². The zero-order chi connectivity index (χ0) is 10.2. The lowest BCUT2D eigenvalue weighted by Gasteiger charge is -2.28. The Kier molecular flexibility index (Phi) is 4.99. The van der Waals surface area contributed by atoms with Crippen molar-refractivity contribution in [3.8, 4) is 12.1 Å². The van der Waals surface area contributed by atoms with E-state index in [4.69, 9.17) is 10.5 Å². The molecule has 1 heterocycles. The molecule has 2 N–H and O–H groups in total. The molecular weight excluding hydrogens is 176 g/mol. The van der Waals surface area contributed by atoms with Gasteiger partial charge in [-0.05, 0) is 0 Å². The van der Waals surface area contributed by atoms with Crippen LogP contribution >= 0.6 is 0 Å². The van der Waals surface area contributed by atoms with E-state index < -0.39 is 0 Å². The van der Waals surface area contributed by atoms with Gasteiger partial charge in [-0.15, -0.1) is 0 Å². The molecule has 0 unspecified atom stereocenters. The lowest BCUT2D eigenvalue weighted by atomic mass is 10.3. The molecule has 0 saturated carbocycles. The van der Waals surface area contributed by atoms with Gasteiger partial charge in [0.1, 0.15) is 26.2 Å². The summed E-state index contributed by atoms with van der Waals surface area (Å²) < 4.78 is 0. The monoisotopic (exact) mass is 194 g/mol. The molecule has 0 bridgehead atoms. The summed E-state index contributed by atoms with van der Waals surface area (Å²) in [6, 6.07) is 4.38. The van der Waals surface area contributed by atoms with Crippen LogP contribution in [0.2, 0.25) is 0 Å². The van der Waals surface area contributed by atoms with Crippen LogP contribution in [0.4, 0.5) is 0 Å². The first kappa shape index (κ1) is 11.0. The molecule has 0 aliphatic carbocycles. The fourth-order valence-corrected chi connectivity index (χ4v) is 1.92. The molecule has 0 radical (unpaired) electrons. The van der Waals surface area contributed by atoms with Crippen LogP contribution in [-0.2, 0) is 0 Å². The summed E-state index contributed by atoms with van der Waals surface area (Å²) >= 11 is 0. The Labute approximate surface area is 85.3 Å². The predicted molar refractivity (Wildman–Crippen MR) is 51.6 cm³/mol. The molecular formula is C10H18N4+2. The van der Waals surface area contributed by atoms with Gasteiger partial charge in [0, 0.05) is 0 Å². The number of nitrogens with one attached hydrogen (secondary N) is 2. The molecule has 14 heavy (non-hydrogen) atoms. The Bertz CT molecular complexity index is 203. The van der Waals surface area contributed by atoms with Crippen LogP contribution < -0.4 is 9.80 Å². The number of hydrogen-bond acceptors (Lipinski definition) is 2. The fraction of sp³-hybridized carbons (Fsp3) is 0.800.